The van der Waals surface area contributed by atoms with Crippen LogP contribution in [0.2, 0.25) is 0 Å². The quantitative estimate of drug-likeness (QED) is 0.159. The molecule has 0 unspecified atom stereocenters. The summed E-state index contributed by atoms with van der Waals surface area (Å²) >= 11 is 0. The maximum absolute atomic E-state index is 15.2. The Morgan fingerprint density at radius 3 is 2.04 bits per heavy atom. The number of methoxy groups -OCH3 is 2. The molecule has 6 rings (SSSR count). The highest BCUT2D eigenvalue weighted by Crippen LogP contribution is 2.37. The van der Waals surface area contributed by atoms with E-state index in [0.717, 1.165) is 34.3 Å². The molecule has 1 N–H and O–H groups in total. The molecule has 0 saturated carbocycles. The van der Waals surface area contributed by atoms with Crippen molar-refractivity contribution in [2.45, 2.75) is 38.2 Å². The Hall–Kier alpha value is -5.95. The van der Waals surface area contributed by atoms with Crippen LogP contribution in [0.3, 0.4) is 0 Å². The standard InChI is InChI=1S/C37H34F2N6O5/c1-24(37(48,21-44-23-40-22-41-44)32-14-12-30(38)17-33(32)39)45-20-29-16-31(13-15-34(29)42-45)43(18-25-4-8-27(9-5-25)35(46)49-2)19-26-6-10-28(11-7-26)36(47)50-3/h4-17,20,22-24,48H,18-19,21H2,1-3H3/t24-,37-/m1/s1. The van der Waals surface area contributed by atoms with Gasteiger partial charge in [0.15, 0.2) is 0 Å². The van der Waals surface area contributed by atoms with Gasteiger partial charge in [-0.3, -0.25) is 4.68 Å². The summed E-state index contributed by atoms with van der Waals surface area (Å²) < 4.78 is 41.7. The molecule has 50 heavy (non-hydrogen) atoms. The summed E-state index contributed by atoms with van der Waals surface area (Å²) in [6, 6.07) is 22.3. The van der Waals surface area contributed by atoms with E-state index in [-0.39, 0.29) is 12.1 Å². The minimum atomic E-state index is -1.89. The van der Waals surface area contributed by atoms with E-state index < -0.39 is 35.2 Å². The molecule has 13 heteroatoms. The van der Waals surface area contributed by atoms with Crippen LogP contribution in [0.15, 0.2) is 104 Å². The Morgan fingerprint density at radius 1 is 0.880 bits per heavy atom. The summed E-state index contributed by atoms with van der Waals surface area (Å²) in [5.74, 6) is -2.51. The normalized spacial score (nSPS) is 13.1. The number of aromatic nitrogens is 5. The van der Waals surface area contributed by atoms with Crippen molar-refractivity contribution in [3.8, 4) is 0 Å². The van der Waals surface area contributed by atoms with Gasteiger partial charge >= 0.3 is 11.9 Å². The van der Waals surface area contributed by atoms with Crippen LogP contribution in [0.5, 0.6) is 0 Å². The van der Waals surface area contributed by atoms with Crippen LogP contribution in [0.1, 0.15) is 50.4 Å². The third-order valence-corrected chi connectivity index (χ3v) is 8.72. The monoisotopic (exact) mass is 680 g/mol. The number of ether oxygens (including phenoxy) is 2. The Morgan fingerprint density at radius 2 is 1.50 bits per heavy atom. The van der Waals surface area contributed by atoms with Crippen molar-refractivity contribution in [3.05, 3.63) is 143 Å². The number of anilines is 1. The molecule has 0 aliphatic carbocycles. The minimum Gasteiger partial charge on any atom is -0.465 e. The molecular formula is C37H34F2N6O5. The van der Waals surface area contributed by atoms with Crippen LogP contribution in [-0.2, 0) is 34.7 Å². The van der Waals surface area contributed by atoms with Gasteiger partial charge < -0.3 is 19.5 Å². The Bertz CT molecular complexity index is 2060. The third kappa shape index (κ3) is 7.08. The lowest BCUT2D eigenvalue weighted by Gasteiger charge is -2.34. The second kappa shape index (κ2) is 14.3. The second-order valence-corrected chi connectivity index (χ2v) is 11.9. The van der Waals surface area contributed by atoms with Gasteiger partial charge in [0, 0.05) is 42.0 Å². The SMILES string of the molecule is COC(=O)c1ccc(CN(Cc2ccc(C(=O)OC)cc2)c2ccc3nn([C@H](C)[C@](O)(Cn4cncn4)c4ccc(F)cc4F)cc3c2)cc1. The summed E-state index contributed by atoms with van der Waals surface area (Å²) in [6.07, 6.45) is 4.49. The van der Waals surface area contributed by atoms with Gasteiger partial charge in [0.05, 0.1) is 43.4 Å². The topological polar surface area (TPSA) is 125 Å². The molecule has 0 spiro atoms. The van der Waals surface area contributed by atoms with Crippen molar-refractivity contribution < 1.29 is 33.0 Å². The van der Waals surface area contributed by atoms with E-state index >= 15 is 4.39 Å². The predicted octanol–water partition coefficient (Wildman–Crippen LogP) is 5.84. The maximum Gasteiger partial charge on any atom is 0.337 e. The average Bonchev–Trinajstić information content (AvgIpc) is 3.80. The zero-order valence-corrected chi connectivity index (χ0v) is 27.5. The number of hydrogen-bond donors (Lipinski definition) is 1. The molecule has 0 amide bonds. The summed E-state index contributed by atoms with van der Waals surface area (Å²) in [5, 5.41) is 21.7. The number of halogens is 2. The molecule has 4 aromatic carbocycles. The van der Waals surface area contributed by atoms with Gasteiger partial charge in [-0.15, -0.1) is 0 Å². The molecule has 2 atom stereocenters. The van der Waals surface area contributed by atoms with Crippen molar-refractivity contribution in [1.29, 1.82) is 0 Å². The fourth-order valence-electron chi connectivity index (χ4n) is 5.90. The minimum absolute atomic E-state index is 0.107. The summed E-state index contributed by atoms with van der Waals surface area (Å²) in [5.41, 5.74) is 2.23. The summed E-state index contributed by atoms with van der Waals surface area (Å²) in [6.45, 7) is 2.47. The third-order valence-electron chi connectivity index (χ3n) is 8.72. The second-order valence-electron chi connectivity index (χ2n) is 11.9. The van der Waals surface area contributed by atoms with Crippen molar-refractivity contribution >= 4 is 28.5 Å². The van der Waals surface area contributed by atoms with Crippen LogP contribution in [-0.4, -0.2) is 55.8 Å². The van der Waals surface area contributed by atoms with E-state index in [4.69, 9.17) is 14.6 Å². The molecule has 0 bridgehead atoms. The van der Waals surface area contributed by atoms with Gasteiger partial charge in [0.2, 0.25) is 0 Å². The van der Waals surface area contributed by atoms with Crippen LogP contribution in [0, 0.1) is 11.6 Å². The first-order valence-electron chi connectivity index (χ1n) is 15.7. The van der Waals surface area contributed by atoms with Crippen molar-refractivity contribution in [2.24, 2.45) is 0 Å². The zero-order chi connectivity index (χ0) is 35.4. The number of rotatable bonds is 12. The van der Waals surface area contributed by atoms with Crippen LogP contribution >= 0.6 is 0 Å². The van der Waals surface area contributed by atoms with Crippen LogP contribution < -0.4 is 4.90 Å². The smallest absolute Gasteiger partial charge is 0.337 e. The van der Waals surface area contributed by atoms with Gasteiger partial charge in [-0.1, -0.05) is 30.3 Å². The fourth-order valence-corrected chi connectivity index (χ4v) is 5.90. The molecule has 2 heterocycles. The molecule has 6 aromatic rings. The molecule has 2 aromatic heterocycles. The number of aliphatic hydroxyl groups is 1. The Labute approximate surface area is 286 Å². The van der Waals surface area contributed by atoms with Gasteiger partial charge in [-0.2, -0.15) is 10.2 Å². The number of carbonyl (C=O) groups is 2. The van der Waals surface area contributed by atoms with Gasteiger partial charge in [0.1, 0.15) is 29.9 Å². The van der Waals surface area contributed by atoms with Gasteiger partial charge in [-0.05, 0) is 66.6 Å². The molecule has 0 saturated heterocycles. The van der Waals surface area contributed by atoms with E-state index in [1.165, 1.54) is 37.6 Å². The van der Waals surface area contributed by atoms with Crippen molar-refractivity contribution in [1.82, 2.24) is 24.5 Å². The first kappa shape index (κ1) is 33.9. The number of hydrogen-bond acceptors (Lipinski definition) is 9. The lowest BCUT2D eigenvalue weighted by atomic mass is 9.86. The largest absolute Gasteiger partial charge is 0.465 e. The van der Waals surface area contributed by atoms with Crippen LogP contribution in [0.25, 0.3) is 10.9 Å². The van der Waals surface area contributed by atoms with Gasteiger partial charge in [-0.25, -0.2) is 28.0 Å². The number of carbonyl (C=O) groups excluding carboxylic acids is 2. The van der Waals surface area contributed by atoms with E-state index in [9.17, 15) is 19.1 Å². The van der Waals surface area contributed by atoms with Crippen molar-refractivity contribution in [2.75, 3.05) is 19.1 Å². The first-order chi connectivity index (χ1) is 24.1. The molecule has 256 valence electrons. The number of esters is 2. The molecule has 0 aliphatic heterocycles. The van der Waals surface area contributed by atoms with Crippen LogP contribution in [0.4, 0.5) is 14.5 Å². The molecule has 0 radical (unpaired) electrons. The Kier molecular flexibility index (Phi) is 9.68. The highest BCUT2D eigenvalue weighted by Gasteiger charge is 2.41. The predicted molar refractivity (Wildman–Crippen MR) is 180 cm³/mol. The molecule has 11 nitrogen and oxygen atoms in total. The summed E-state index contributed by atoms with van der Waals surface area (Å²) in [7, 11) is 2.67. The fraction of sp³-hybridized carbons (Fsp3) is 0.216. The highest BCUT2D eigenvalue weighted by atomic mass is 19.1. The number of benzene rings is 4. The van der Waals surface area contributed by atoms with E-state index in [1.54, 1.807) is 42.1 Å². The molecular weight excluding hydrogens is 646 g/mol. The van der Waals surface area contributed by atoms with E-state index in [2.05, 4.69) is 15.0 Å². The molecule has 0 aliphatic rings. The lowest BCUT2D eigenvalue weighted by Crippen LogP contribution is -2.40. The highest BCUT2D eigenvalue weighted by molar-refractivity contribution is 5.89. The zero-order valence-electron chi connectivity index (χ0n) is 27.5. The number of nitrogens with zero attached hydrogens (tertiary/aromatic N) is 6. The van der Waals surface area contributed by atoms with E-state index in [1.807, 2.05) is 42.5 Å². The lowest BCUT2D eigenvalue weighted by molar-refractivity contribution is -0.0366. The van der Waals surface area contributed by atoms with E-state index in [0.29, 0.717) is 29.7 Å². The average molecular weight is 681 g/mol. The molecule has 0 fully saturated rings. The number of fused-ring (bicyclic) bond motifs is 1. The van der Waals surface area contributed by atoms with Crippen molar-refractivity contribution in [3.63, 3.8) is 0 Å². The first-order valence-corrected chi connectivity index (χ1v) is 15.7. The van der Waals surface area contributed by atoms with Gasteiger partial charge in [0.25, 0.3) is 0 Å². The summed E-state index contributed by atoms with van der Waals surface area (Å²) in [4.78, 5) is 30.1. The maximum atomic E-state index is 15.2. The Balaban J connectivity index is 1.35.